The van der Waals surface area contributed by atoms with Crippen molar-refractivity contribution in [2.75, 3.05) is 84.0 Å². The number of hydrogen-bond donors (Lipinski definition) is 2. The highest BCUT2D eigenvalue weighted by molar-refractivity contribution is 7.98. The maximum atomic E-state index is 13.3. The number of nitrogens with one attached hydrogen (secondary N) is 1. The Hall–Kier alpha value is -3.57. The molecule has 1 unspecified atom stereocenters. The van der Waals surface area contributed by atoms with E-state index in [1.165, 1.54) is 0 Å². The summed E-state index contributed by atoms with van der Waals surface area (Å²) < 4.78 is 16.9. The van der Waals surface area contributed by atoms with Crippen LogP contribution in [-0.4, -0.2) is 168 Å². The third kappa shape index (κ3) is 21.1. The lowest BCUT2D eigenvalue weighted by molar-refractivity contribution is -0.158. The Morgan fingerprint density at radius 1 is 0.737 bits per heavy atom. The van der Waals surface area contributed by atoms with Crippen molar-refractivity contribution >= 4 is 47.8 Å². The number of esters is 3. The molecule has 3 N–H and O–H groups in total. The smallest absolute Gasteiger partial charge is 0.320 e. The number of carbonyl (C=O) groups is 6. The molecule has 2 rings (SSSR count). The molecule has 1 aromatic carbocycles. The maximum absolute atomic E-state index is 13.3. The number of nitrogens with two attached hydrogens (primary N) is 1. The van der Waals surface area contributed by atoms with Gasteiger partial charge in [0.25, 0.3) is 5.91 Å². The van der Waals surface area contributed by atoms with Crippen LogP contribution < -0.4 is 11.1 Å². The molecule has 1 fully saturated rings. The van der Waals surface area contributed by atoms with Crippen molar-refractivity contribution in [1.82, 2.24) is 24.9 Å². The number of rotatable bonds is 16. The maximum Gasteiger partial charge on any atom is 0.320 e. The van der Waals surface area contributed by atoms with Crippen LogP contribution in [-0.2, 0) is 44.6 Å². The Kier molecular flexibility index (Phi) is 20.1. The van der Waals surface area contributed by atoms with E-state index < -0.39 is 52.6 Å². The van der Waals surface area contributed by atoms with E-state index in [4.69, 9.17) is 19.9 Å². The molecule has 2 amide bonds. The zero-order valence-corrected chi connectivity index (χ0v) is 36.7. The van der Waals surface area contributed by atoms with E-state index in [2.05, 4.69) is 5.32 Å². The van der Waals surface area contributed by atoms with Crippen LogP contribution in [0.2, 0.25) is 0 Å². The Balaban J connectivity index is 2.47. The van der Waals surface area contributed by atoms with Gasteiger partial charge in [-0.3, -0.25) is 43.6 Å². The number of ether oxygens (including phenoxy) is 3. The molecule has 1 aliphatic heterocycles. The van der Waals surface area contributed by atoms with Crippen molar-refractivity contribution in [3.63, 3.8) is 0 Å². The molecule has 1 heterocycles. The zero-order valence-electron chi connectivity index (χ0n) is 35.9. The number of amides is 2. The molecular formula is C41H68N6O9S. The van der Waals surface area contributed by atoms with E-state index in [1.54, 1.807) is 71.5 Å². The van der Waals surface area contributed by atoms with Crippen molar-refractivity contribution in [2.24, 2.45) is 5.73 Å². The molecule has 1 aromatic rings. The molecule has 0 saturated carbocycles. The van der Waals surface area contributed by atoms with Crippen molar-refractivity contribution < 1.29 is 43.0 Å². The van der Waals surface area contributed by atoms with Crippen LogP contribution in [0.25, 0.3) is 0 Å². The Morgan fingerprint density at radius 3 is 1.53 bits per heavy atom. The summed E-state index contributed by atoms with van der Waals surface area (Å²) in [6.45, 7) is 19.1. The topological polar surface area (TPSA) is 181 Å². The van der Waals surface area contributed by atoms with Gasteiger partial charge in [0.05, 0.1) is 31.7 Å². The highest BCUT2D eigenvalue weighted by Gasteiger charge is 2.29. The predicted molar refractivity (Wildman–Crippen MR) is 222 cm³/mol. The summed E-state index contributed by atoms with van der Waals surface area (Å²) in [5, 5.41) is 2.78. The minimum Gasteiger partial charge on any atom is -0.459 e. The number of carbonyl (C=O) groups excluding carboxylic acids is 6. The third-order valence-corrected chi connectivity index (χ3v) is 9.34. The molecule has 0 aromatic heterocycles. The van der Waals surface area contributed by atoms with E-state index in [0.29, 0.717) is 75.7 Å². The first-order valence-electron chi connectivity index (χ1n) is 19.7. The molecular weight excluding hydrogens is 753 g/mol. The first-order chi connectivity index (χ1) is 26.5. The summed E-state index contributed by atoms with van der Waals surface area (Å²) in [4.78, 5) is 85.0. The fraction of sp³-hybridized carbons (Fsp3) is 0.707. The fourth-order valence-corrected chi connectivity index (χ4v) is 6.64. The first kappa shape index (κ1) is 49.6. The molecule has 16 heteroatoms. The van der Waals surface area contributed by atoms with Crippen LogP contribution in [0.15, 0.2) is 24.3 Å². The minimum absolute atomic E-state index is 0.0123. The third-order valence-electron chi connectivity index (χ3n) is 8.69. The molecule has 2 atom stereocenters. The molecule has 1 saturated heterocycles. The second-order valence-electron chi connectivity index (χ2n) is 17.4. The van der Waals surface area contributed by atoms with Gasteiger partial charge in [-0.1, -0.05) is 12.1 Å². The summed E-state index contributed by atoms with van der Waals surface area (Å²) in [6.07, 6.45) is 3.35. The molecule has 0 bridgehead atoms. The van der Waals surface area contributed by atoms with E-state index in [9.17, 15) is 28.8 Å². The van der Waals surface area contributed by atoms with Crippen LogP contribution in [0.5, 0.6) is 0 Å². The standard InChI is InChI=1S/C41H68N6O9S/c1-39(2,3)54-34(49)26-44-15-17-45(27-35(50)55-40(4,5)6)19-21-47(22-20-46(18-16-44)28-36(51)56-41(7,8)9)33(37(42)52)25-30-12-11-13-31(24-30)38(53)43-32(29-48)14-23-57-10/h11-13,24,29,32-33H,14-23,25-28H2,1-10H3,(H2,42,52)(H,43,53)/t32-,33?/m0/s1. The van der Waals surface area contributed by atoms with Crippen LogP contribution in [0.4, 0.5) is 0 Å². The fourth-order valence-electron chi connectivity index (χ4n) is 6.15. The van der Waals surface area contributed by atoms with Gasteiger partial charge in [0.1, 0.15) is 23.1 Å². The number of benzene rings is 1. The Bertz CT molecular complexity index is 1440. The van der Waals surface area contributed by atoms with Gasteiger partial charge in [-0.25, -0.2) is 0 Å². The van der Waals surface area contributed by atoms with E-state index in [1.807, 2.05) is 52.7 Å². The van der Waals surface area contributed by atoms with E-state index in [0.717, 1.165) is 6.29 Å². The lowest BCUT2D eigenvalue weighted by Gasteiger charge is -2.36. The second-order valence-corrected chi connectivity index (χ2v) is 18.4. The Morgan fingerprint density at radius 2 is 1.16 bits per heavy atom. The van der Waals surface area contributed by atoms with Gasteiger partial charge in [0.15, 0.2) is 0 Å². The monoisotopic (exact) mass is 820 g/mol. The minimum atomic E-state index is -0.814. The highest BCUT2D eigenvalue weighted by atomic mass is 32.2. The van der Waals surface area contributed by atoms with Crippen LogP contribution in [0.1, 0.15) is 84.7 Å². The van der Waals surface area contributed by atoms with Gasteiger partial charge in [-0.05, 0) is 105 Å². The van der Waals surface area contributed by atoms with Gasteiger partial charge in [0.2, 0.25) is 5.91 Å². The summed E-state index contributed by atoms with van der Waals surface area (Å²) in [7, 11) is 0. The normalized spacial score (nSPS) is 17.3. The molecule has 322 valence electrons. The van der Waals surface area contributed by atoms with Crippen molar-refractivity contribution in [3.8, 4) is 0 Å². The summed E-state index contributed by atoms with van der Waals surface area (Å²) in [5.41, 5.74) is 5.10. The van der Waals surface area contributed by atoms with E-state index >= 15 is 0 Å². The molecule has 0 radical (unpaired) electrons. The summed E-state index contributed by atoms with van der Waals surface area (Å²) >= 11 is 1.58. The van der Waals surface area contributed by atoms with E-state index in [-0.39, 0.29) is 32.0 Å². The summed E-state index contributed by atoms with van der Waals surface area (Å²) in [5.74, 6) is -1.45. The van der Waals surface area contributed by atoms with Gasteiger partial charge in [0, 0.05) is 57.9 Å². The van der Waals surface area contributed by atoms with Crippen molar-refractivity contribution in [2.45, 2.75) is 104 Å². The molecule has 15 nitrogen and oxygen atoms in total. The second kappa shape index (κ2) is 23.1. The van der Waals surface area contributed by atoms with Crippen LogP contribution in [0.3, 0.4) is 0 Å². The van der Waals surface area contributed by atoms with Crippen LogP contribution >= 0.6 is 11.8 Å². The van der Waals surface area contributed by atoms with Crippen LogP contribution in [0, 0.1) is 0 Å². The largest absolute Gasteiger partial charge is 0.459 e. The highest BCUT2D eigenvalue weighted by Crippen LogP contribution is 2.16. The number of nitrogens with zero attached hydrogens (tertiary/aromatic N) is 4. The number of aldehydes is 1. The average Bonchev–Trinajstić information content (AvgIpc) is 3.06. The van der Waals surface area contributed by atoms with Gasteiger partial charge >= 0.3 is 17.9 Å². The lowest BCUT2D eigenvalue weighted by Crippen LogP contribution is -2.54. The Labute approximate surface area is 344 Å². The molecule has 0 aliphatic carbocycles. The lowest BCUT2D eigenvalue weighted by atomic mass is 10.0. The number of primary amides is 1. The summed E-state index contributed by atoms with van der Waals surface area (Å²) in [6, 6.07) is 5.46. The van der Waals surface area contributed by atoms with Gasteiger partial charge in [-0.15, -0.1) is 0 Å². The number of thioether (sulfide) groups is 1. The SMILES string of the molecule is CSCC[C@@H](C=O)NC(=O)c1cccc(CC(C(N)=O)N2CCN(CC(=O)OC(C)(C)C)CCN(CC(=O)OC(C)(C)C)CCN(CC(=O)OC(C)(C)C)CC2)c1. The zero-order chi connectivity index (χ0) is 43.0. The molecule has 1 aliphatic rings. The first-order valence-corrected chi connectivity index (χ1v) is 21.1. The van der Waals surface area contributed by atoms with Gasteiger partial charge in [-0.2, -0.15) is 11.8 Å². The van der Waals surface area contributed by atoms with Crippen molar-refractivity contribution in [3.05, 3.63) is 35.4 Å². The van der Waals surface area contributed by atoms with Crippen molar-refractivity contribution in [1.29, 1.82) is 0 Å². The molecule has 0 spiro atoms. The average molecular weight is 821 g/mol. The molecule has 57 heavy (non-hydrogen) atoms. The quantitative estimate of drug-likeness (QED) is 0.141. The number of hydrogen-bond acceptors (Lipinski definition) is 14. The van der Waals surface area contributed by atoms with Gasteiger partial charge < -0.3 is 30.1 Å². The predicted octanol–water partition coefficient (Wildman–Crippen LogP) is 2.38.